The van der Waals surface area contributed by atoms with E-state index in [9.17, 15) is 14.4 Å². The summed E-state index contributed by atoms with van der Waals surface area (Å²) in [6, 6.07) is 0. The second kappa shape index (κ2) is 3.85. The van der Waals surface area contributed by atoms with Crippen molar-refractivity contribution in [3.8, 4) is 0 Å². The third-order valence-corrected chi connectivity index (χ3v) is 1.29. The smallest absolute Gasteiger partial charge is 0.481 e. The van der Waals surface area contributed by atoms with Crippen molar-refractivity contribution in [3.05, 3.63) is 0 Å². The van der Waals surface area contributed by atoms with Crippen LogP contribution < -0.4 is 0 Å². The zero-order valence-corrected chi connectivity index (χ0v) is 6.43. The van der Waals surface area contributed by atoms with Gasteiger partial charge in [-0.1, -0.05) is 0 Å². The lowest BCUT2D eigenvalue weighted by molar-refractivity contribution is -0.170. The lowest BCUT2D eigenvalue weighted by Gasteiger charge is -2.18. The van der Waals surface area contributed by atoms with Gasteiger partial charge in [0.1, 0.15) is 0 Å². The van der Waals surface area contributed by atoms with Gasteiger partial charge in [0.2, 0.25) is 0 Å². The van der Waals surface area contributed by atoms with Crippen molar-refractivity contribution in [2.75, 3.05) is 0 Å². The molecule has 0 aliphatic rings. The van der Waals surface area contributed by atoms with Crippen LogP contribution in [0.4, 0.5) is 0 Å². The van der Waals surface area contributed by atoms with Crippen LogP contribution >= 0.6 is 0 Å². The fourth-order valence-corrected chi connectivity index (χ4v) is 0.714. The van der Waals surface area contributed by atoms with E-state index >= 15 is 0 Å². The van der Waals surface area contributed by atoms with Gasteiger partial charge < -0.3 is 20.4 Å². The van der Waals surface area contributed by atoms with Crippen molar-refractivity contribution in [3.63, 3.8) is 0 Å². The maximum Gasteiger partial charge on any atom is 1.00 e. The van der Waals surface area contributed by atoms with Crippen LogP contribution in [0.1, 0.15) is 15.7 Å². The van der Waals surface area contributed by atoms with E-state index in [1.54, 1.807) is 0 Å². The summed E-state index contributed by atoms with van der Waals surface area (Å²) in [6.45, 7) is 0. The molecular weight excluding hydrogens is 184 g/mol. The molecule has 74 valence electrons. The molecule has 0 aliphatic carbocycles. The molecule has 0 heterocycles. The highest BCUT2D eigenvalue weighted by Crippen LogP contribution is 2.15. The van der Waals surface area contributed by atoms with Crippen molar-refractivity contribution in [2.45, 2.75) is 18.4 Å². The molecule has 0 saturated heterocycles. The SMILES string of the molecule is O=C(O)CC(O)(CC(=O)O)C(=O)O.[H+].[H+]. The Kier molecular flexibility index (Phi) is 3.37. The van der Waals surface area contributed by atoms with Crippen LogP contribution in [0, 0.1) is 0 Å². The third-order valence-electron chi connectivity index (χ3n) is 1.29. The number of carboxylic acid groups (broad SMARTS) is 3. The maximum absolute atomic E-state index is 10.3. The molecule has 0 unspecified atom stereocenters. The van der Waals surface area contributed by atoms with Gasteiger partial charge in [-0.15, -0.1) is 0 Å². The summed E-state index contributed by atoms with van der Waals surface area (Å²) < 4.78 is 0. The van der Waals surface area contributed by atoms with Crippen molar-refractivity contribution in [1.29, 1.82) is 0 Å². The average Bonchev–Trinajstić information content (AvgIpc) is 1.82. The number of carboxylic acids is 3. The summed E-state index contributed by atoms with van der Waals surface area (Å²) in [5.74, 6) is -5.02. The highest BCUT2D eigenvalue weighted by Gasteiger charge is 2.40. The van der Waals surface area contributed by atoms with Crippen LogP contribution in [0.3, 0.4) is 0 Å². The molecule has 0 aromatic heterocycles. The molecule has 0 aliphatic heterocycles. The Morgan fingerprint density at radius 2 is 1.31 bits per heavy atom. The number of hydrogen-bond donors (Lipinski definition) is 4. The molecule has 0 aromatic carbocycles. The minimum atomic E-state index is -2.74. The van der Waals surface area contributed by atoms with Crippen LogP contribution in [0.25, 0.3) is 0 Å². The summed E-state index contributed by atoms with van der Waals surface area (Å²) in [5, 5.41) is 33.8. The standard InChI is InChI=1S/C6H8O7/c7-3(8)1-6(13,5(11)12)2-4(9)10/h13H,1-2H2,(H,7,8)(H,9,10)(H,11,12)/p+2. The highest BCUT2D eigenvalue weighted by molar-refractivity contribution is 5.88. The second-order valence-electron chi connectivity index (χ2n) is 2.48. The molecule has 13 heavy (non-hydrogen) atoms. The molecule has 0 saturated carbocycles. The molecule has 7 nitrogen and oxygen atoms in total. The van der Waals surface area contributed by atoms with E-state index in [1.165, 1.54) is 0 Å². The molecule has 0 rings (SSSR count). The van der Waals surface area contributed by atoms with Gasteiger partial charge >= 0.3 is 20.8 Å². The van der Waals surface area contributed by atoms with E-state index in [0.717, 1.165) is 0 Å². The van der Waals surface area contributed by atoms with Gasteiger partial charge in [0.25, 0.3) is 0 Å². The van der Waals surface area contributed by atoms with Crippen LogP contribution in [0.15, 0.2) is 0 Å². The van der Waals surface area contributed by atoms with Gasteiger partial charge in [-0.25, -0.2) is 4.79 Å². The lowest BCUT2D eigenvalue weighted by atomic mass is 9.96. The second-order valence-corrected chi connectivity index (χ2v) is 2.48. The summed E-state index contributed by atoms with van der Waals surface area (Å²) >= 11 is 0. The Labute approximate surface area is 75.2 Å². The summed E-state index contributed by atoms with van der Waals surface area (Å²) in [7, 11) is 0. The van der Waals surface area contributed by atoms with Crippen molar-refractivity contribution < 1.29 is 37.7 Å². The van der Waals surface area contributed by atoms with E-state index in [4.69, 9.17) is 20.4 Å². The summed E-state index contributed by atoms with van der Waals surface area (Å²) in [4.78, 5) is 30.5. The van der Waals surface area contributed by atoms with Gasteiger partial charge in [-0.05, 0) is 0 Å². The number of aliphatic carboxylic acids is 3. The lowest BCUT2D eigenvalue weighted by Crippen LogP contribution is -2.42. The maximum atomic E-state index is 10.3. The highest BCUT2D eigenvalue weighted by atomic mass is 16.4. The van der Waals surface area contributed by atoms with Gasteiger partial charge in [0.15, 0.2) is 5.60 Å². The molecular formula is C6H10O7+2. The first-order valence-electron chi connectivity index (χ1n) is 3.17. The van der Waals surface area contributed by atoms with Crippen molar-refractivity contribution in [1.82, 2.24) is 0 Å². The Bertz CT molecular complexity index is 236. The van der Waals surface area contributed by atoms with Crippen LogP contribution in [-0.2, 0) is 14.4 Å². The zero-order valence-electron chi connectivity index (χ0n) is 8.43. The normalized spacial score (nSPS) is 10.8. The van der Waals surface area contributed by atoms with Crippen LogP contribution in [0.2, 0.25) is 0 Å². The quantitative estimate of drug-likeness (QED) is 0.440. The molecule has 0 spiro atoms. The van der Waals surface area contributed by atoms with E-state index in [0.29, 0.717) is 0 Å². The Morgan fingerprint density at radius 3 is 1.46 bits per heavy atom. The topological polar surface area (TPSA) is 132 Å². The zero-order chi connectivity index (χ0) is 10.6. The van der Waals surface area contributed by atoms with E-state index < -0.39 is 36.4 Å². The molecule has 4 N–H and O–H groups in total. The van der Waals surface area contributed by atoms with Crippen LogP contribution in [0.5, 0.6) is 0 Å². The first-order chi connectivity index (χ1) is 5.78. The number of aliphatic hydroxyl groups is 1. The van der Waals surface area contributed by atoms with E-state index in [-0.39, 0.29) is 2.85 Å². The van der Waals surface area contributed by atoms with E-state index in [2.05, 4.69) is 0 Å². The Hall–Kier alpha value is -1.63. The fraction of sp³-hybridized carbons (Fsp3) is 0.500. The summed E-state index contributed by atoms with van der Waals surface area (Å²) in [5.41, 5.74) is -2.74. The minimum absolute atomic E-state index is 0. The molecule has 0 fully saturated rings. The molecule has 0 radical (unpaired) electrons. The number of carbonyl (C=O) groups is 3. The van der Waals surface area contributed by atoms with Gasteiger partial charge in [-0.3, -0.25) is 9.59 Å². The molecule has 0 amide bonds. The molecule has 0 atom stereocenters. The predicted molar refractivity (Wildman–Crippen MR) is 39.3 cm³/mol. The Morgan fingerprint density at radius 1 is 1.00 bits per heavy atom. The van der Waals surface area contributed by atoms with Crippen molar-refractivity contribution >= 4 is 17.9 Å². The monoisotopic (exact) mass is 194 g/mol. The first kappa shape index (κ1) is 11.4. The van der Waals surface area contributed by atoms with Gasteiger partial charge in [-0.2, -0.15) is 0 Å². The van der Waals surface area contributed by atoms with Crippen molar-refractivity contribution in [2.24, 2.45) is 0 Å². The molecule has 0 aromatic rings. The number of hydrogen-bond acceptors (Lipinski definition) is 4. The Balaban J connectivity index is -0.000000720. The minimum Gasteiger partial charge on any atom is -0.481 e. The van der Waals surface area contributed by atoms with E-state index in [1.807, 2.05) is 0 Å². The third kappa shape index (κ3) is 3.52. The van der Waals surface area contributed by atoms with Gasteiger partial charge in [0.05, 0.1) is 12.8 Å². The average molecular weight is 194 g/mol. The fourth-order valence-electron chi connectivity index (χ4n) is 0.714. The predicted octanol–water partition coefficient (Wildman–Crippen LogP) is -1.02. The summed E-state index contributed by atoms with van der Waals surface area (Å²) in [6.07, 6.45) is -2.29. The number of rotatable bonds is 5. The molecule has 7 heteroatoms. The van der Waals surface area contributed by atoms with Crippen LogP contribution in [-0.4, -0.2) is 43.9 Å². The molecule has 0 bridgehead atoms. The largest absolute Gasteiger partial charge is 1.00 e. The first-order valence-corrected chi connectivity index (χ1v) is 3.17. The van der Waals surface area contributed by atoms with Gasteiger partial charge in [0, 0.05) is 0 Å².